The molecule has 15 heavy (non-hydrogen) atoms. The van der Waals surface area contributed by atoms with Crippen molar-refractivity contribution >= 4 is 27.5 Å². The molecule has 0 aliphatic heterocycles. The van der Waals surface area contributed by atoms with E-state index in [4.69, 9.17) is 11.6 Å². The van der Waals surface area contributed by atoms with Crippen LogP contribution in [0.25, 0.3) is 0 Å². The Hall–Kier alpha value is -0.270. The highest BCUT2D eigenvalue weighted by Crippen LogP contribution is 2.32. The molecule has 0 radical (unpaired) electrons. The normalized spacial score (nSPS) is 19.8. The largest absolute Gasteiger partial charge is 0.0831 e. The Labute approximate surface area is 104 Å². The first-order valence-corrected chi connectivity index (χ1v) is 6.47. The molecule has 1 aliphatic rings. The standard InChI is InChI=1S/C13H14BrCl/c1-9-3-2-4-11-10(6-5-9)7-8-12(15)13(11)14/h5,7-8H,2-4,6H2,1H3/b9-5-. The molecular weight excluding hydrogens is 272 g/mol. The zero-order chi connectivity index (χ0) is 10.8. The van der Waals surface area contributed by atoms with Gasteiger partial charge in [-0.05, 0) is 65.7 Å². The van der Waals surface area contributed by atoms with Crippen LogP contribution in [0.15, 0.2) is 28.3 Å². The van der Waals surface area contributed by atoms with Crippen molar-refractivity contribution in [2.24, 2.45) is 0 Å². The van der Waals surface area contributed by atoms with Crippen molar-refractivity contribution in [3.05, 3.63) is 44.4 Å². The summed E-state index contributed by atoms with van der Waals surface area (Å²) >= 11 is 9.69. The minimum absolute atomic E-state index is 0.829. The molecule has 0 N–H and O–H groups in total. The SMILES string of the molecule is C/C1=C/Cc2ccc(Cl)c(Br)c2CCC1. The van der Waals surface area contributed by atoms with E-state index in [9.17, 15) is 0 Å². The molecule has 1 aromatic rings. The van der Waals surface area contributed by atoms with E-state index in [2.05, 4.69) is 35.0 Å². The van der Waals surface area contributed by atoms with Crippen LogP contribution in [0.3, 0.4) is 0 Å². The van der Waals surface area contributed by atoms with Crippen LogP contribution in [0.4, 0.5) is 0 Å². The smallest absolute Gasteiger partial charge is 0.0551 e. The van der Waals surface area contributed by atoms with Gasteiger partial charge in [-0.2, -0.15) is 0 Å². The van der Waals surface area contributed by atoms with Gasteiger partial charge in [0.1, 0.15) is 0 Å². The number of hydrogen-bond acceptors (Lipinski definition) is 0. The number of halogens is 2. The van der Waals surface area contributed by atoms with Gasteiger partial charge in [0, 0.05) is 4.47 Å². The van der Waals surface area contributed by atoms with Crippen LogP contribution >= 0.6 is 27.5 Å². The van der Waals surface area contributed by atoms with Crippen LogP contribution in [0.5, 0.6) is 0 Å². The summed E-state index contributed by atoms with van der Waals surface area (Å²) in [6.07, 6.45) is 6.92. The molecular formula is C13H14BrCl. The molecule has 2 rings (SSSR count). The van der Waals surface area contributed by atoms with Crippen molar-refractivity contribution < 1.29 is 0 Å². The van der Waals surface area contributed by atoms with Crippen molar-refractivity contribution in [1.82, 2.24) is 0 Å². The maximum Gasteiger partial charge on any atom is 0.0551 e. The van der Waals surface area contributed by atoms with Gasteiger partial charge in [0.05, 0.1) is 5.02 Å². The van der Waals surface area contributed by atoms with Gasteiger partial charge in [0.2, 0.25) is 0 Å². The summed E-state index contributed by atoms with van der Waals surface area (Å²) in [5.41, 5.74) is 4.31. The fraction of sp³-hybridized carbons (Fsp3) is 0.385. The van der Waals surface area contributed by atoms with E-state index < -0.39 is 0 Å². The Balaban J connectivity index is 2.44. The molecule has 80 valence electrons. The van der Waals surface area contributed by atoms with Crippen molar-refractivity contribution in [3.8, 4) is 0 Å². The molecule has 0 saturated carbocycles. The highest BCUT2D eigenvalue weighted by molar-refractivity contribution is 9.10. The number of fused-ring (bicyclic) bond motifs is 1. The summed E-state index contributed by atoms with van der Waals surface area (Å²) in [6.45, 7) is 2.22. The van der Waals surface area contributed by atoms with Crippen LogP contribution < -0.4 is 0 Å². The van der Waals surface area contributed by atoms with Crippen LogP contribution in [0.2, 0.25) is 5.02 Å². The van der Waals surface area contributed by atoms with E-state index in [1.54, 1.807) is 0 Å². The number of benzene rings is 1. The Kier molecular flexibility index (Phi) is 3.53. The summed E-state index contributed by atoms with van der Waals surface area (Å²) in [5, 5.41) is 0.829. The summed E-state index contributed by atoms with van der Waals surface area (Å²) in [6, 6.07) is 4.13. The predicted octanol–water partition coefficient (Wildman–Crippen LogP) is 4.93. The van der Waals surface area contributed by atoms with Crippen molar-refractivity contribution in [3.63, 3.8) is 0 Å². The molecule has 2 heteroatoms. The zero-order valence-corrected chi connectivity index (χ0v) is 11.2. The maximum atomic E-state index is 6.11. The lowest BCUT2D eigenvalue weighted by Gasteiger charge is -2.15. The lowest BCUT2D eigenvalue weighted by molar-refractivity contribution is 0.787. The van der Waals surface area contributed by atoms with Gasteiger partial charge >= 0.3 is 0 Å². The van der Waals surface area contributed by atoms with Crippen LogP contribution in [0.1, 0.15) is 30.9 Å². The van der Waals surface area contributed by atoms with Gasteiger partial charge < -0.3 is 0 Å². The van der Waals surface area contributed by atoms with Crippen molar-refractivity contribution in [1.29, 1.82) is 0 Å². The van der Waals surface area contributed by atoms with E-state index >= 15 is 0 Å². The fourth-order valence-corrected chi connectivity index (χ4v) is 2.79. The molecule has 0 heterocycles. The first kappa shape index (κ1) is 11.2. The molecule has 0 aromatic heterocycles. The quantitative estimate of drug-likeness (QED) is 0.593. The topological polar surface area (TPSA) is 0 Å². The molecule has 0 saturated heterocycles. The van der Waals surface area contributed by atoms with Gasteiger partial charge in [-0.1, -0.05) is 29.3 Å². The first-order valence-electron chi connectivity index (χ1n) is 5.30. The highest BCUT2D eigenvalue weighted by Gasteiger charge is 2.11. The third-order valence-corrected chi connectivity index (χ3v) is 4.41. The van der Waals surface area contributed by atoms with Crippen molar-refractivity contribution in [2.45, 2.75) is 32.6 Å². The lowest BCUT2D eigenvalue weighted by Crippen LogP contribution is -1.99. The minimum atomic E-state index is 0.829. The summed E-state index contributed by atoms with van der Waals surface area (Å²) in [5.74, 6) is 0. The Morgan fingerprint density at radius 3 is 2.87 bits per heavy atom. The number of rotatable bonds is 0. The molecule has 0 fully saturated rings. The van der Waals surface area contributed by atoms with Gasteiger partial charge in [-0.15, -0.1) is 0 Å². The molecule has 0 bridgehead atoms. The molecule has 0 spiro atoms. The van der Waals surface area contributed by atoms with Crippen LogP contribution in [-0.2, 0) is 12.8 Å². The molecule has 1 aliphatic carbocycles. The third-order valence-electron chi connectivity index (χ3n) is 2.96. The van der Waals surface area contributed by atoms with E-state index in [-0.39, 0.29) is 0 Å². The van der Waals surface area contributed by atoms with Gasteiger partial charge in [0.15, 0.2) is 0 Å². The second-order valence-corrected chi connectivity index (χ2v) is 5.31. The summed E-state index contributed by atoms with van der Waals surface area (Å²) in [4.78, 5) is 0. The second-order valence-electron chi connectivity index (χ2n) is 4.11. The minimum Gasteiger partial charge on any atom is -0.0831 e. The highest BCUT2D eigenvalue weighted by atomic mass is 79.9. The van der Waals surface area contributed by atoms with E-state index in [1.165, 1.54) is 29.5 Å². The van der Waals surface area contributed by atoms with Crippen LogP contribution in [0, 0.1) is 0 Å². The van der Waals surface area contributed by atoms with Crippen LogP contribution in [-0.4, -0.2) is 0 Å². The molecule has 0 amide bonds. The molecule has 0 atom stereocenters. The van der Waals surface area contributed by atoms with E-state index in [0.717, 1.165) is 22.3 Å². The fourth-order valence-electron chi connectivity index (χ4n) is 2.02. The first-order chi connectivity index (χ1) is 7.18. The maximum absolute atomic E-state index is 6.11. The average Bonchev–Trinajstić information content (AvgIpc) is 2.20. The van der Waals surface area contributed by atoms with E-state index in [0.29, 0.717) is 0 Å². The van der Waals surface area contributed by atoms with Crippen molar-refractivity contribution in [2.75, 3.05) is 0 Å². The average molecular weight is 286 g/mol. The number of hydrogen-bond donors (Lipinski definition) is 0. The number of allylic oxidation sites excluding steroid dienone is 2. The third kappa shape index (κ3) is 2.46. The predicted molar refractivity (Wildman–Crippen MR) is 69.6 cm³/mol. The van der Waals surface area contributed by atoms with E-state index in [1.807, 2.05) is 6.07 Å². The van der Waals surface area contributed by atoms with Gasteiger partial charge in [0.25, 0.3) is 0 Å². The Morgan fingerprint density at radius 2 is 2.07 bits per heavy atom. The van der Waals surface area contributed by atoms with Gasteiger partial charge in [-0.25, -0.2) is 0 Å². The Bertz CT molecular complexity index is 407. The summed E-state index contributed by atoms with van der Waals surface area (Å²) < 4.78 is 1.09. The molecule has 0 unspecified atom stereocenters. The lowest BCUT2D eigenvalue weighted by atomic mass is 9.94. The molecule has 1 aromatic carbocycles. The monoisotopic (exact) mass is 284 g/mol. The molecule has 0 nitrogen and oxygen atoms in total. The zero-order valence-electron chi connectivity index (χ0n) is 8.82. The second kappa shape index (κ2) is 4.71. The van der Waals surface area contributed by atoms with Gasteiger partial charge in [-0.3, -0.25) is 0 Å². The Morgan fingerprint density at radius 1 is 1.27 bits per heavy atom. The summed E-state index contributed by atoms with van der Waals surface area (Å²) in [7, 11) is 0.